The summed E-state index contributed by atoms with van der Waals surface area (Å²) in [7, 11) is -1.24. The van der Waals surface area contributed by atoms with Gasteiger partial charge >= 0.3 is 19.1 Å². The first kappa shape index (κ1) is 32.2. The van der Waals surface area contributed by atoms with Crippen LogP contribution < -0.4 is 4.65 Å². The lowest BCUT2D eigenvalue weighted by molar-refractivity contribution is -0.153. The summed E-state index contributed by atoms with van der Waals surface area (Å²) in [5.41, 5.74) is 0.857. The second kappa shape index (κ2) is 16.2. The zero-order valence-electron chi connectivity index (χ0n) is 24.7. The minimum atomic E-state index is -1.24. The molecule has 0 aromatic heterocycles. The van der Waals surface area contributed by atoms with Crippen molar-refractivity contribution in [2.75, 3.05) is 33.0 Å². The van der Waals surface area contributed by atoms with Crippen LogP contribution in [0.1, 0.15) is 93.5 Å². The lowest BCUT2D eigenvalue weighted by Gasteiger charge is -2.32. The Balaban J connectivity index is 1.19. The molecule has 0 amide bonds. The highest BCUT2D eigenvalue weighted by Gasteiger charge is 2.38. The highest BCUT2D eigenvalue weighted by molar-refractivity contribution is 6.47. The molecule has 10 nitrogen and oxygen atoms in total. The summed E-state index contributed by atoms with van der Waals surface area (Å²) in [4.78, 5) is 50.9. The predicted octanol–water partition coefficient (Wildman–Crippen LogP) is 3.91. The predicted molar refractivity (Wildman–Crippen MR) is 155 cm³/mol. The van der Waals surface area contributed by atoms with Crippen molar-refractivity contribution in [3.63, 3.8) is 0 Å². The minimum absolute atomic E-state index is 0.0255. The van der Waals surface area contributed by atoms with E-state index in [1.54, 1.807) is 25.1 Å². The number of fused-ring (bicyclic) bond motifs is 1. The Hall–Kier alpha value is -2.76. The van der Waals surface area contributed by atoms with Crippen molar-refractivity contribution in [3.8, 4) is 5.75 Å². The van der Waals surface area contributed by atoms with Crippen LogP contribution >= 0.6 is 0 Å². The van der Waals surface area contributed by atoms with Gasteiger partial charge in [0, 0.05) is 44.8 Å². The lowest BCUT2D eigenvalue weighted by Crippen LogP contribution is -2.41. The van der Waals surface area contributed by atoms with Crippen LogP contribution in [0.4, 0.5) is 0 Å². The van der Waals surface area contributed by atoms with E-state index in [1.807, 2.05) is 0 Å². The van der Waals surface area contributed by atoms with Crippen molar-refractivity contribution in [2.24, 2.45) is 5.92 Å². The molecule has 42 heavy (non-hydrogen) atoms. The molecule has 1 N–H and O–H groups in total. The number of likely N-dealkylation sites (tertiary alicyclic amines) is 1. The van der Waals surface area contributed by atoms with Crippen molar-refractivity contribution >= 4 is 30.6 Å². The summed E-state index contributed by atoms with van der Waals surface area (Å²) >= 11 is 0. The highest BCUT2D eigenvalue weighted by atomic mass is 16.7. The van der Waals surface area contributed by atoms with Crippen molar-refractivity contribution in [1.29, 1.82) is 0 Å². The fraction of sp³-hybridized carbons (Fsp3) is 0.677. The van der Waals surface area contributed by atoms with Crippen molar-refractivity contribution in [3.05, 3.63) is 29.3 Å². The number of esters is 2. The van der Waals surface area contributed by atoms with Crippen LogP contribution in [0.3, 0.4) is 0 Å². The highest BCUT2D eigenvalue weighted by Crippen LogP contribution is 2.36. The SMILES string of the molecule is CC(=O)CCCOC1CCN(CC(=O)C[C@H]2Cc3cccc(C(=O)OCOC(=O)CC4CCCCC4)c3OB2O)CC1. The summed E-state index contributed by atoms with van der Waals surface area (Å²) in [6.45, 7) is 3.52. The minimum Gasteiger partial charge on any atom is -0.535 e. The van der Waals surface area contributed by atoms with Gasteiger partial charge in [-0.2, -0.15) is 0 Å². The first-order chi connectivity index (χ1) is 20.3. The van der Waals surface area contributed by atoms with Gasteiger partial charge in [0.2, 0.25) is 6.79 Å². The van der Waals surface area contributed by atoms with E-state index in [0.717, 1.165) is 58.0 Å². The fourth-order valence-corrected chi connectivity index (χ4v) is 6.14. The number of nitrogens with zero attached hydrogens (tertiary/aromatic N) is 1. The van der Waals surface area contributed by atoms with Gasteiger partial charge in [-0.3, -0.25) is 14.5 Å². The average molecular weight is 586 g/mol. The number of Topliss-reactive ketones (excluding diaryl/α,β-unsaturated/α-hetero) is 2. The molecule has 4 rings (SSSR count). The molecule has 0 unspecified atom stereocenters. The number of para-hydroxylation sites is 1. The monoisotopic (exact) mass is 585 g/mol. The molecule has 1 aromatic rings. The van der Waals surface area contributed by atoms with Crippen molar-refractivity contribution < 1.29 is 43.1 Å². The number of piperidine rings is 1. The molecule has 1 saturated heterocycles. The molecule has 0 bridgehead atoms. The molecule has 1 aliphatic carbocycles. The van der Waals surface area contributed by atoms with Gasteiger partial charge in [-0.25, -0.2) is 4.79 Å². The number of benzene rings is 1. The van der Waals surface area contributed by atoms with Crippen molar-refractivity contribution in [2.45, 2.75) is 95.9 Å². The van der Waals surface area contributed by atoms with E-state index in [0.29, 0.717) is 43.9 Å². The van der Waals surface area contributed by atoms with Crippen LogP contribution in [0.25, 0.3) is 0 Å². The van der Waals surface area contributed by atoms with Crippen LogP contribution in [0, 0.1) is 5.92 Å². The zero-order valence-corrected chi connectivity index (χ0v) is 24.7. The van der Waals surface area contributed by atoms with Crippen LogP contribution in [0.2, 0.25) is 5.82 Å². The van der Waals surface area contributed by atoms with Crippen LogP contribution in [-0.2, 0) is 35.0 Å². The molecule has 2 fully saturated rings. The second-order valence-electron chi connectivity index (χ2n) is 11.9. The first-order valence-electron chi connectivity index (χ1n) is 15.4. The molecule has 3 aliphatic rings. The summed E-state index contributed by atoms with van der Waals surface area (Å²) in [6, 6.07) is 5.05. The Morgan fingerprint density at radius 1 is 1.02 bits per heavy atom. The number of rotatable bonds is 14. The molecule has 0 spiro atoms. The van der Waals surface area contributed by atoms with Gasteiger partial charge in [-0.1, -0.05) is 31.4 Å². The molecular weight excluding hydrogens is 541 g/mol. The van der Waals surface area contributed by atoms with Crippen LogP contribution in [-0.4, -0.2) is 79.7 Å². The van der Waals surface area contributed by atoms with E-state index in [4.69, 9.17) is 18.9 Å². The zero-order chi connectivity index (χ0) is 29.9. The number of carbonyl (C=O) groups is 4. The molecule has 2 aliphatic heterocycles. The normalized spacial score (nSPS) is 20.0. The Bertz CT molecular complexity index is 1080. The maximum atomic E-state index is 12.9. The molecule has 1 atom stereocenters. The Labute approximate surface area is 248 Å². The smallest absolute Gasteiger partial charge is 0.526 e. The molecule has 1 saturated carbocycles. The third-order valence-electron chi connectivity index (χ3n) is 8.48. The molecule has 11 heteroatoms. The van der Waals surface area contributed by atoms with Crippen molar-refractivity contribution in [1.82, 2.24) is 4.90 Å². The van der Waals surface area contributed by atoms with Gasteiger partial charge in [0.25, 0.3) is 0 Å². The topological polar surface area (TPSA) is 129 Å². The van der Waals surface area contributed by atoms with E-state index in [9.17, 15) is 24.2 Å². The van der Waals surface area contributed by atoms with Crippen LogP contribution in [0.15, 0.2) is 18.2 Å². The second-order valence-corrected chi connectivity index (χ2v) is 11.9. The number of hydrogen-bond donors (Lipinski definition) is 1. The lowest BCUT2D eigenvalue weighted by atomic mass is 9.64. The van der Waals surface area contributed by atoms with E-state index in [-0.39, 0.29) is 41.4 Å². The Morgan fingerprint density at radius 2 is 1.79 bits per heavy atom. The fourth-order valence-electron chi connectivity index (χ4n) is 6.14. The largest absolute Gasteiger partial charge is 0.535 e. The molecule has 0 radical (unpaired) electrons. The summed E-state index contributed by atoms with van der Waals surface area (Å²) in [5, 5.41) is 10.7. The van der Waals surface area contributed by atoms with Gasteiger partial charge < -0.3 is 28.7 Å². The summed E-state index contributed by atoms with van der Waals surface area (Å²) < 4.78 is 21.9. The Kier molecular flexibility index (Phi) is 12.4. The molecule has 2 heterocycles. The summed E-state index contributed by atoms with van der Waals surface area (Å²) in [6.07, 6.45) is 9.52. The molecule has 230 valence electrons. The number of hydrogen-bond acceptors (Lipinski definition) is 10. The van der Waals surface area contributed by atoms with E-state index < -0.39 is 25.7 Å². The maximum absolute atomic E-state index is 12.9. The van der Waals surface area contributed by atoms with Gasteiger partial charge in [-0.05, 0) is 63.0 Å². The maximum Gasteiger partial charge on any atom is 0.526 e. The van der Waals surface area contributed by atoms with E-state index >= 15 is 0 Å². The Morgan fingerprint density at radius 3 is 2.52 bits per heavy atom. The third kappa shape index (κ3) is 9.92. The third-order valence-corrected chi connectivity index (χ3v) is 8.48. The van der Waals surface area contributed by atoms with Crippen LogP contribution in [0.5, 0.6) is 5.75 Å². The average Bonchev–Trinajstić information content (AvgIpc) is 2.96. The van der Waals surface area contributed by atoms with E-state index in [1.165, 1.54) is 6.42 Å². The van der Waals surface area contributed by atoms with Gasteiger partial charge in [0.1, 0.15) is 22.9 Å². The quantitative estimate of drug-likeness (QED) is 0.149. The summed E-state index contributed by atoms with van der Waals surface area (Å²) in [5.74, 6) is -0.742. The standard InChI is InChI=1S/C31H44BNO9/c1-22(34)7-6-16-39-27-12-14-33(15-13-27)20-26(35)19-25-18-24-10-5-11-28(30(24)42-32(25)38)31(37)41-21-40-29(36)17-23-8-3-2-4-9-23/h5,10-11,23,25,27,38H,2-4,6-9,12-21H2,1H3/t25-/m1/s1. The van der Waals surface area contributed by atoms with Gasteiger partial charge in [0.15, 0.2) is 0 Å². The molecular formula is C31H44BNO9. The first-order valence-corrected chi connectivity index (χ1v) is 15.4. The van der Waals surface area contributed by atoms with E-state index in [2.05, 4.69) is 4.90 Å². The molecule has 1 aromatic carbocycles. The van der Waals surface area contributed by atoms with Gasteiger partial charge in [-0.15, -0.1) is 0 Å². The number of ketones is 2. The number of carbonyl (C=O) groups excluding carboxylic acids is 4. The van der Waals surface area contributed by atoms with Gasteiger partial charge in [0.05, 0.1) is 12.6 Å². The number of ether oxygens (including phenoxy) is 3.